The highest BCUT2D eigenvalue weighted by Crippen LogP contribution is 2.31. The summed E-state index contributed by atoms with van der Waals surface area (Å²) >= 11 is 0. The molecule has 2 aliphatic heterocycles. The van der Waals surface area contributed by atoms with Crippen LogP contribution < -0.4 is 5.32 Å². The molecule has 0 aromatic carbocycles. The van der Waals surface area contributed by atoms with Crippen LogP contribution in [0.25, 0.3) is 0 Å². The van der Waals surface area contributed by atoms with Crippen molar-refractivity contribution < 1.29 is 0 Å². The van der Waals surface area contributed by atoms with Gasteiger partial charge in [-0.2, -0.15) is 0 Å². The van der Waals surface area contributed by atoms with Gasteiger partial charge in [0.15, 0.2) is 0 Å². The number of rotatable bonds is 3. The molecule has 2 rings (SSSR count). The number of likely N-dealkylation sites (tertiary alicyclic amines) is 1. The van der Waals surface area contributed by atoms with Crippen LogP contribution in [0.3, 0.4) is 0 Å². The highest BCUT2D eigenvalue weighted by atomic mass is 15.3. The van der Waals surface area contributed by atoms with Crippen molar-refractivity contribution in [2.45, 2.75) is 38.3 Å². The second kappa shape index (κ2) is 5.51. The van der Waals surface area contributed by atoms with Gasteiger partial charge >= 0.3 is 0 Å². The Labute approximate surface area is 106 Å². The van der Waals surface area contributed by atoms with Gasteiger partial charge in [-0.25, -0.2) is 0 Å². The van der Waals surface area contributed by atoms with Crippen molar-refractivity contribution in [3.63, 3.8) is 0 Å². The molecule has 98 valence electrons. The first-order chi connectivity index (χ1) is 8.16. The van der Waals surface area contributed by atoms with Crippen LogP contribution in [0.1, 0.15) is 26.7 Å². The van der Waals surface area contributed by atoms with Crippen LogP contribution in [0.5, 0.6) is 0 Å². The molecule has 3 nitrogen and oxygen atoms in total. The molecule has 0 aliphatic carbocycles. The molecule has 2 heterocycles. The third-order valence-electron chi connectivity index (χ3n) is 4.48. The Hall–Kier alpha value is -0.380. The Bertz CT molecular complexity index is 256. The highest BCUT2D eigenvalue weighted by Gasteiger charge is 2.41. The molecule has 1 N–H and O–H groups in total. The van der Waals surface area contributed by atoms with Gasteiger partial charge in [-0.1, -0.05) is 6.08 Å². The third kappa shape index (κ3) is 2.72. The minimum Gasteiger partial charge on any atom is -0.314 e. The quantitative estimate of drug-likeness (QED) is 0.747. The second-order valence-corrected chi connectivity index (χ2v) is 5.83. The van der Waals surface area contributed by atoms with Gasteiger partial charge in [0.05, 0.1) is 0 Å². The van der Waals surface area contributed by atoms with Gasteiger partial charge in [0.2, 0.25) is 0 Å². The standard InChI is InChI=1S/C14H27N3/c1-4-9-17-10-5-6-13(14(17,2)3)16-11-7-15-8-12-16/h4,13,15H,1,5-12H2,2-3H3. The number of piperazine rings is 1. The summed E-state index contributed by atoms with van der Waals surface area (Å²) in [6.45, 7) is 15.7. The number of piperidine rings is 1. The summed E-state index contributed by atoms with van der Waals surface area (Å²) in [6.07, 6.45) is 4.72. The second-order valence-electron chi connectivity index (χ2n) is 5.83. The van der Waals surface area contributed by atoms with E-state index in [1.54, 1.807) is 0 Å². The van der Waals surface area contributed by atoms with Gasteiger partial charge < -0.3 is 5.32 Å². The zero-order chi connectivity index (χ0) is 12.3. The van der Waals surface area contributed by atoms with Gasteiger partial charge in [0.1, 0.15) is 0 Å². The van der Waals surface area contributed by atoms with Crippen molar-refractivity contribution >= 4 is 0 Å². The van der Waals surface area contributed by atoms with Gasteiger partial charge in [0, 0.05) is 44.3 Å². The Kier molecular flexibility index (Phi) is 4.23. The van der Waals surface area contributed by atoms with E-state index in [0.29, 0.717) is 6.04 Å². The average molecular weight is 237 g/mol. The minimum absolute atomic E-state index is 0.282. The minimum atomic E-state index is 0.282. The number of hydrogen-bond donors (Lipinski definition) is 1. The van der Waals surface area contributed by atoms with Crippen molar-refractivity contribution in [1.29, 1.82) is 0 Å². The van der Waals surface area contributed by atoms with Crippen LogP contribution in [-0.4, -0.2) is 60.6 Å². The molecule has 2 fully saturated rings. The number of nitrogens with one attached hydrogen (secondary N) is 1. The van der Waals surface area contributed by atoms with E-state index in [2.05, 4.69) is 35.5 Å². The normalized spacial score (nSPS) is 31.3. The summed E-state index contributed by atoms with van der Waals surface area (Å²) in [7, 11) is 0. The summed E-state index contributed by atoms with van der Waals surface area (Å²) in [6, 6.07) is 0.707. The predicted octanol–water partition coefficient (Wildman–Crippen LogP) is 1.32. The fourth-order valence-corrected chi connectivity index (χ4v) is 3.43. The molecule has 2 saturated heterocycles. The summed E-state index contributed by atoms with van der Waals surface area (Å²) in [4.78, 5) is 5.28. The summed E-state index contributed by atoms with van der Waals surface area (Å²) in [5.74, 6) is 0. The van der Waals surface area contributed by atoms with Crippen molar-refractivity contribution in [1.82, 2.24) is 15.1 Å². The van der Waals surface area contributed by atoms with Crippen LogP contribution in [0.2, 0.25) is 0 Å². The average Bonchev–Trinajstić information content (AvgIpc) is 2.33. The lowest BCUT2D eigenvalue weighted by Crippen LogP contribution is -2.64. The lowest BCUT2D eigenvalue weighted by atomic mass is 9.83. The SMILES string of the molecule is C=CCN1CCCC(N2CCNCC2)C1(C)C. The molecule has 0 bridgehead atoms. The Morgan fingerprint density at radius 1 is 1.29 bits per heavy atom. The molecule has 0 saturated carbocycles. The maximum absolute atomic E-state index is 3.89. The summed E-state index contributed by atoms with van der Waals surface area (Å²) in [5.41, 5.74) is 0.282. The van der Waals surface area contributed by atoms with E-state index in [1.807, 2.05) is 6.08 Å². The lowest BCUT2D eigenvalue weighted by Gasteiger charge is -2.52. The zero-order valence-corrected chi connectivity index (χ0v) is 11.4. The molecule has 1 atom stereocenters. The summed E-state index contributed by atoms with van der Waals surface area (Å²) in [5, 5.41) is 3.45. The van der Waals surface area contributed by atoms with E-state index in [4.69, 9.17) is 0 Å². The van der Waals surface area contributed by atoms with Gasteiger partial charge in [-0.15, -0.1) is 6.58 Å². The van der Waals surface area contributed by atoms with E-state index in [-0.39, 0.29) is 5.54 Å². The Morgan fingerprint density at radius 2 is 2.00 bits per heavy atom. The largest absolute Gasteiger partial charge is 0.314 e. The van der Waals surface area contributed by atoms with E-state index >= 15 is 0 Å². The molecule has 0 amide bonds. The fraction of sp³-hybridized carbons (Fsp3) is 0.857. The van der Waals surface area contributed by atoms with E-state index in [1.165, 1.54) is 32.5 Å². The Morgan fingerprint density at radius 3 is 2.65 bits per heavy atom. The van der Waals surface area contributed by atoms with Gasteiger partial charge in [-0.05, 0) is 33.2 Å². The van der Waals surface area contributed by atoms with Crippen molar-refractivity contribution in [3.8, 4) is 0 Å². The van der Waals surface area contributed by atoms with Crippen molar-refractivity contribution in [2.24, 2.45) is 0 Å². The van der Waals surface area contributed by atoms with Crippen LogP contribution in [0.4, 0.5) is 0 Å². The van der Waals surface area contributed by atoms with E-state index in [9.17, 15) is 0 Å². The monoisotopic (exact) mass is 237 g/mol. The van der Waals surface area contributed by atoms with Crippen molar-refractivity contribution in [2.75, 3.05) is 39.3 Å². The molecule has 0 spiro atoms. The zero-order valence-electron chi connectivity index (χ0n) is 11.4. The fourth-order valence-electron chi connectivity index (χ4n) is 3.43. The lowest BCUT2D eigenvalue weighted by molar-refractivity contribution is -0.0138. The van der Waals surface area contributed by atoms with Crippen LogP contribution in [0.15, 0.2) is 12.7 Å². The number of nitrogens with zero attached hydrogens (tertiary/aromatic N) is 2. The predicted molar refractivity (Wildman–Crippen MR) is 73.3 cm³/mol. The van der Waals surface area contributed by atoms with Gasteiger partial charge in [-0.3, -0.25) is 9.80 Å². The molecular weight excluding hydrogens is 210 g/mol. The number of hydrogen-bond acceptors (Lipinski definition) is 3. The maximum Gasteiger partial charge on any atom is 0.0311 e. The molecule has 0 radical (unpaired) electrons. The van der Waals surface area contributed by atoms with Crippen molar-refractivity contribution in [3.05, 3.63) is 12.7 Å². The molecule has 1 unspecified atom stereocenters. The van der Waals surface area contributed by atoms with Crippen LogP contribution in [0, 0.1) is 0 Å². The summed E-state index contributed by atoms with van der Waals surface area (Å²) < 4.78 is 0. The molecular formula is C14H27N3. The highest BCUT2D eigenvalue weighted by molar-refractivity contribution is 5.00. The molecule has 17 heavy (non-hydrogen) atoms. The molecule has 0 aromatic heterocycles. The first kappa shape index (κ1) is 13.1. The van der Waals surface area contributed by atoms with Crippen LogP contribution >= 0.6 is 0 Å². The van der Waals surface area contributed by atoms with Gasteiger partial charge in [0.25, 0.3) is 0 Å². The third-order valence-corrected chi connectivity index (χ3v) is 4.48. The van der Waals surface area contributed by atoms with E-state index < -0.39 is 0 Å². The first-order valence-corrected chi connectivity index (χ1v) is 6.97. The molecule has 0 aromatic rings. The maximum atomic E-state index is 3.89. The molecule has 2 aliphatic rings. The molecule has 3 heteroatoms. The first-order valence-electron chi connectivity index (χ1n) is 6.97. The smallest absolute Gasteiger partial charge is 0.0311 e. The Balaban J connectivity index is 2.06. The van der Waals surface area contributed by atoms with Crippen LogP contribution in [-0.2, 0) is 0 Å². The topological polar surface area (TPSA) is 18.5 Å². The van der Waals surface area contributed by atoms with E-state index in [0.717, 1.165) is 19.6 Å².